The Kier molecular flexibility index (Phi) is 7.49. The van der Waals surface area contributed by atoms with E-state index in [0.717, 1.165) is 18.2 Å². The number of hydrogen-bond donors (Lipinski definition) is 2. The lowest BCUT2D eigenvalue weighted by Crippen LogP contribution is -2.40. The number of alkyl halides is 3. The molecule has 0 radical (unpaired) electrons. The lowest BCUT2D eigenvalue weighted by atomic mass is 9.97. The monoisotopic (exact) mass is 488 g/mol. The van der Waals surface area contributed by atoms with Crippen molar-refractivity contribution < 1.29 is 36.8 Å². The van der Waals surface area contributed by atoms with E-state index in [9.17, 15) is 31.9 Å². The van der Waals surface area contributed by atoms with Gasteiger partial charge in [-0.2, -0.15) is 13.2 Å². The van der Waals surface area contributed by atoms with E-state index in [4.69, 9.17) is 11.6 Å². The number of benzene rings is 1. The fraction of sp³-hybridized carbons (Fsp3) is 0.300. The molecular formula is C20H17ClF4N4O4. The molecule has 13 heteroatoms. The normalized spacial score (nSPS) is 14.5. The van der Waals surface area contributed by atoms with Gasteiger partial charge in [0.1, 0.15) is 5.82 Å². The average molecular weight is 489 g/mol. The molecule has 1 fully saturated rings. The first-order valence-electron chi connectivity index (χ1n) is 9.62. The summed E-state index contributed by atoms with van der Waals surface area (Å²) in [4.78, 5) is 45.0. The van der Waals surface area contributed by atoms with Gasteiger partial charge in [0, 0.05) is 10.9 Å². The van der Waals surface area contributed by atoms with Crippen molar-refractivity contribution in [2.24, 2.45) is 5.92 Å². The van der Waals surface area contributed by atoms with Gasteiger partial charge in [-0.25, -0.2) is 14.2 Å². The first-order valence-corrected chi connectivity index (χ1v) is 10.0. The van der Waals surface area contributed by atoms with E-state index < -0.39 is 35.6 Å². The number of aromatic nitrogens is 1. The van der Waals surface area contributed by atoms with Crippen molar-refractivity contribution in [1.29, 1.82) is 0 Å². The van der Waals surface area contributed by atoms with E-state index in [1.807, 2.05) is 0 Å². The fourth-order valence-corrected chi connectivity index (χ4v) is 3.22. The maximum Gasteiger partial charge on any atom is 0.493 e. The predicted octanol–water partition coefficient (Wildman–Crippen LogP) is 3.48. The Labute approximate surface area is 189 Å². The second kappa shape index (κ2) is 10.1. The highest BCUT2D eigenvalue weighted by atomic mass is 35.5. The number of rotatable bonds is 4. The van der Waals surface area contributed by atoms with Crippen molar-refractivity contribution in [3.05, 3.63) is 52.9 Å². The molecule has 0 unspecified atom stereocenters. The summed E-state index contributed by atoms with van der Waals surface area (Å²) in [6.07, 6.45) is -3.71. The van der Waals surface area contributed by atoms with Crippen LogP contribution in [0.5, 0.6) is 0 Å². The Balaban J connectivity index is 1.95. The van der Waals surface area contributed by atoms with Crippen molar-refractivity contribution in [2.75, 3.05) is 23.5 Å². The van der Waals surface area contributed by atoms with Crippen molar-refractivity contribution in [3.63, 3.8) is 0 Å². The van der Waals surface area contributed by atoms with E-state index in [0.29, 0.717) is 32.1 Å². The highest BCUT2D eigenvalue weighted by Gasteiger charge is 2.44. The summed E-state index contributed by atoms with van der Waals surface area (Å²) in [6, 6.07) is 5.38. The average Bonchev–Trinajstić information content (AvgIpc) is 2.78. The van der Waals surface area contributed by atoms with Crippen LogP contribution in [0.2, 0.25) is 5.02 Å². The number of halogens is 5. The summed E-state index contributed by atoms with van der Waals surface area (Å²) >= 11 is 5.95. The van der Waals surface area contributed by atoms with Gasteiger partial charge in [0.15, 0.2) is 5.82 Å². The molecule has 0 saturated carbocycles. The second-order valence-electron chi connectivity index (χ2n) is 7.01. The van der Waals surface area contributed by atoms with E-state index in [2.05, 4.69) is 20.5 Å². The van der Waals surface area contributed by atoms with Crippen LogP contribution in [0.25, 0.3) is 0 Å². The third-order valence-corrected chi connectivity index (χ3v) is 4.92. The maximum atomic E-state index is 13.2. The second-order valence-corrected chi connectivity index (χ2v) is 7.45. The van der Waals surface area contributed by atoms with Crippen LogP contribution in [-0.4, -0.2) is 42.0 Å². The SMILES string of the molecule is O=C(Nc1ccc(Cl)cc1C(=O)N(OC(=O)C(F)(F)F)c1ccc(F)cn1)C1CCNCC1. The Morgan fingerprint density at radius 1 is 1.15 bits per heavy atom. The first kappa shape index (κ1) is 24.4. The molecule has 3 rings (SSSR count). The molecule has 2 N–H and O–H groups in total. The van der Waals surface area contributed by atoms with Gasteiger partial charge in [-0.15, -0.1) is 5.06 Å². The number of carbonyl (C=O) groups excluding carboxylic acids is 3. The zero-order valence-electron chi connectivity index (χ0n) is 16.8. The zero-order chi connectivity index (χ0) is 24.2. The van der Waals surface area contributed by atoms with Crippen LogP contribution in [0.3, 0.4) is 0 Å². The van der Waals surface area contributed by atoms with Crippen molar-refractivity contribution in [3.8, 4) is 0 Å². The molecule has 0 bridgehead atoms. The minimum Gasteiger partial charge on any atom is -0.325 e. The molecule has 33 heavy (non-hydrogen) atoms. The van der Waals surface area contributed by atoms with Crippen LogP contribution in [-0.2, 0) is 14.4 Å². The van der Waals surface area contributed by atoms with Gasteiger partial charge in [0.05, 0.1) is 17.4 Å². The first-order chi connectivity index (χ1) is 15.6. The largest absolute Gasteiger partial charge is 0.493 e. The van der Waals surface area contributed by atoms with Crippen LogP contribution in [0, 0.1) is 11.7 Å². The van der Waals surface area contributed by atoms with E-state index in [-0.39, 0.29) is 27.3 Å². The summed E-state index contributed by atoms with van der Waals surface area (Å²) in [5.41, 5.74) is -0.436. The number of hydrogen-bond acceptors (Lipinski definition) is 6. The molecule has 0 spiro atoms. The van der Waals surface area contributed by atoms with Gasteiger partial charge in [-0.3, -0.25) is 9.59 Å². The van der Waals surface area contributed by atoms with Crippen molar-refractivity contribution in [1.82, 2.24) is 10.3 Å². The van der Waals surface area contributed by atoms with Crippen LogP contribution < -0.4 is 15.7 Å². The molecule has 1 aromatic carbocycles. The number of nitrogens with one attached hydrogen (secondary N) is 2. The smallest absolute Gasteiger partial charge is 0.325 e. The van der Waals surface area contributed by atoms with E-state index >= 15 is 0 Å². The number of hydroxylamine groups is 1. The van der Waals surface area contributed by atoms with Gasteiger partial charge >= 0.3 is 12.1 Å². The summed E-state index contributed by atoms with van der Waals surface area (Å²) < 4.78 is 51.6. The topological polar surface area (TPSA) is 101 Å². The summed E-state index contributed by atoms with van der Waals surface area (Å²) in [5, 5.41) is 5.66. The number of piperidine rings is 1. The third kappa shape index (κ3) is 6.17. The predicted molar refractivity (Wildman–Crippen MR) is 109 cm³/mol. The third-order valence-electron chi connectivity index (χ3n) is 4.69. The van der Waals surface area contributed by atoms with Crippen molar-refractivity contribution in [2.45, 2.75) is 19.0 Å². The molecular weight excluding hydrogens is 472 g/mol. The van der Waals surface area contributed by atoms with Gasteiger partial charge in [0.2, 0.25) is 5.91 Å². The number of anilines is 2. The van der Waals surface area contributed by atoms with Gasteiger partial charge in [-0.1, -0.05) is 11.6 Å². The highest BCUT2D eigenvalue weighted by Crippen LogP contribution is 2.27. The zero-order valence-corrected chi connectivity index (χ0v) is 17.5. The summed E-state index contributed by atoms with van der Waals surface area (Å²) in [5.74, 6) is -6.19. The van der Waals surface area contributed by atoms with Crippen LogP contribution >= 0.6 is 11.6 Å². The Morgan fingerprint density at radius 3 is 2.45 bits per heavy atom. The number of pyridine rings is 1. The lowest BCUT2D eigenvalue weighted by molar-refractivity contribution is -0.200. The lowest BCUT2D eigenvalue weighted by Gasteiger charge is -2.24. The standard InChI is InChI=1S/C20H17ClF4N4O4/c21-12-1-3-15(28-17(30)11-5-7-26-8-6-11)14(9-12)18(31)29(33-19(32)20(23,24)25)16-4-2-13(22)10-27-16/h1-4,9-11,26H,5-8H2,(H,28,30). The molecule has 0 aliphatic carbocycles. The summed E-state index contributed by atoms with van der Waals surface area (Å²) in [6.45, 7) is 1.25. The molecule has 2 heterocycles. The highest BCUT2D eigenvalue weighted by molar-refractivity contribution is 6.31. The summed E-state index contributed by atoms with van der Waals surface area (Å²) in [7, 11) is 0. The van der Waals surface area contributed by atoms with Crippen molar-refractivity contribution >= 4 is 40.9 Å². The van der Waals surface area contributed by atoms with Crippen LogP contribution in [0.15, 0.2) is 36.5 Å². The fourth-order valence-electron chi connectivity index (χ4n) is 3.05. The molecule has 8 nitrogen and oxygen atoms in total. The molecule has 1 aliphatic heterocycles. The molecule has 2 amide bonds. The van der Waals surface area contributed by atoms with E-state index in [1.165, 1.54) is 12.1 Å². The molecule has 176 valence electrons. The molecule has 0 atom stereocenters. The quantitative estimate of drug-likeness (QED) is 0.505. The van der Waals surface area contributed by atoms with E-state index in [1.54, 1.807) is 0 Å². The maximum absolute atomic E-state index is 13.2. The number of amides is 2. The minimum atomic E-state index is -5.43. The molecule has 1 saturated heterocycles. The Hall–Kier alpha value is -3.25. The Bertz CT molecular complexity index is 1040. The molecule has 2 aromatic rings. The minimum absolute atomic E-state index is 0.0207. The van der Waals surface area contributed by atoms with Gasteiger partial charge in [0.25, 0.3) is 5.91 Å². The molecule has 1 aliphatic rings. The van der Waals surface area contributed by atoms with Gasteiger partial charge < -0.3 is 15.5 Å². The molecule has 1 aromatic heterocycles. The van der Waals surface area contributed by atoms with Crippen LogP contribution in [0.4, 0.5) is 29.1 Å². The Morgan fingerprint density at radius 2 is 1.85 bits per heavy atom. The number of carbonyl (C=O) groups is 3. The van der Waals surface area contributed by atoms with Crippen LogP contribution in [0.1, 0.15) is 23.2 Å². The number of nitrogens with zero attached hydrogens (tertiary/aromatic N) is 2. The van der Waals surface area contributed by atoms with Gasteiger partial charge in [-0.05, 0) is 56.3 Å².